The molecule has 0 bridgehead atoms. The van der Waals surface area contributed by atoms with E-state index in [4.69, 9.17) is 5.73 Å². The van der Waals surface area contributed by atoms with E-state index in [9.17, 15) is 9.59 Å². The van der Waals surface area contributed by atoms with E-state index in [0.717, 1.165) is 32.2 Å². The van der Waals surface area contributed by atoms with Gasteiger partial charge in [-0.2, -0.15) is 0 Å². The number of nitrogens with zero attached hydrogens (tertiary/aromatic N) is 2. The number of rotatable bonds is 6. The number of carbonyl (C=O) groups excluding carboxylic acids is 2. The van der Waals surface area contributed by atoms with Gasteiger partial charge >= 0.3 is 0 Å². The van der Waals surface area contributed by atoms with E-state index in [1.165, 1.54) is 5.56 Å². The zero-order chi connectivity index (χ0) is 20.6. The highest BCUT2D eigenvalue weighted by Gasteiger charge is 2.50. The number of nitrogens with two attached hydrogens (primary N) is 1. The molecule has 5 heteroatoms. The Morgan fingerprint density at radius 1 is 1.14 bits per heavy atom. The molecule has 5 nitrogen and oxygen atoms in total. The Kier molecular flexibility index (Phi) is 5.59. The second kappa shape index (κ2) is 7.51. The van der Waals surface area contributed by atoms with Gasteiger partial charge in [0.05, 0.1) is 0 Å². The quantitative estimate of drug-likeness (QED) is 0.818. The predicted molar refractivity (Wildman–Crippen MR) is 111 cm³/mol. The molecule has 1 saturated heterocycles. The molecule has 2 aliphatic rings. The summed E-state index contributed by atoms with van der Waals surface area (Å²) < 4.78 is 0. The van der Waals surface area contributed by atoms with E-state index in [-0.39, 0.29) is 22.8 Å². The van der Waals surface area contributed by atoms with Crippen LogP contribution >= 0.6 is 0 Å². The van der Waals surface area contributed by atoms with Crippen LogP contribution in [0.3, 0.4) is 0 Å². The number of amides is 2. The lowest BCUT2D eigenvalue weighted by Gasteiger charge is -2.49. The van der Waals surface area contributed by atoms with E-state index < -0.39 is 5.41 Å². The predicted octanol–water partition coefficient (Wildman–Crippen LogP) is 3.14. The minimum atomic E-state index is -0.573. The van der Waals surface area contributed by atoms with Gasteiger partial charge in [-0.1, -0.05) is 44.2 Å². The fourth-order valence-corrected chi connectivity index (χ4v) is 4.99. The molecule has 1 heterocycles. The maximum Gasteiger partial charge on any atom is 0.223 e. The summed E-state index contributed by atoms with van der Waals surface area (Å²) in [5.74, 6) is -0.0671. The van der Waals surface area contributed by atoms with Crippen molar-refractivity contribution in [1.82, 2.24) is 9.80 Å². The van der Waals surface area contributed by atoms with Crippen LogP contribution in [-0.4, -0.2) is 48.8 Å². The summed E-state index contributed by atoms with van der Waals surface area (Å²) in [7, 11) is 4.34. The standard InChI is InChI=1S/C23H35N3O2/c1-21(2,20(24)28)14-15-26-17-22(16-19(26)27)10-12-23(13-11-22,25(3)4)18-8-6-5-7-9-18/h5-9H,10-17H2,1-4H3,(H2,24,28)/t22-,23+. The molecule has 2 fully saturated rings. The summed E-state index contributed by atoms with van der Waals surface area (Å²) in [6.07, 6.45) is 5.51. The Morgan fingerprint density at radius 3 is 2.29 bits per heavy atom. The minimum absolute atomic E-state index is 0.0525. The van der Waals surface area contributed by atoms with Gasteiger partial charge in [-0.05, 0) is 57.2 Å². The number of hydrogen-bond acceptors (Lipinski definition) is 3. The summed E-state index contributed by atoms with van der Waals surface area (Å²) in [4.78, 5) is 28.6. The average molecular weight is 386 g/mol. The van der Waals surface area contributed by atoms with Crippen LogP contribution in [0.15, 0.2) is 30.3 Å². The Morgan fingerprint density at radius 2 is 1.75 bits per heavy atom. The van der Waals surface area contributed by atoms with E-state index in [1.54, 1.807) is 0 Å². The van der Waals surface area contributed by atoms with Crippen molar-refractivity contribution in [1.29, 1.82) is 0 Å². The molecular formula is C23H35N3O2. The first-order chi connectivity index (χ1) is 13.1. The Hall–Kier alpha value is -1.88. The lowest BCUT2D eigenvalue weighted by atomic mass is 9.64. The molecule has 28 heavy (non-hydrogen) atoms. The summed E-state index contributed by atoms with van der Waals surface area (Å²) in [5.41, 5.74) is 6.43. The summed E-state index contributed by atoms with van der Waals surface area (Å²) in [5, 5.41) is 0. The smallest absolute Gasteiger partial charge is 0.223 e. The molecule has 1 aromatic rings. The molecule has 1 spiro atoms. The highest BCUT2D eigenvalue weighted by Crippen LogP contribution is 2.52. The van der Waals surface area contributed by atoms with Crippen LogP contribution in [0, 0.1) is 10.8 Å². The SMILES string of the molecule is CN(C)[C@]1(c2ccccc2)CC[C@]2(CC1)CC(=O)N(CCC(C)(C)C(N)=O)C2. The van der Waals surface area contributed by atoms with Crippen molar-refractivity contribution in [3.8, 4) is 0 Å². The molecule has 1 aromatic carbocycles. The van der Waals surface area contributed by atoms with Crippen molar-refractivity contribution in [2.75, 3.05) is 27.2 Å². The van der Waals surface area contributed by atoms with Crippen LogP contribution < -0.4 is 5.73 Å². The third-order valence-electron chi connectivity index (χ3n) is 7.38. The molecule has 154 valence electrons. The lowest BCUT2D eigenvalue weighted by molar-refractivity contribution is -0.130. The van der Waals surface area contributed by atoms with E-state index in [1.807, 2.05) is 18.7 Å². The van der Waals surface area contributed by atoms with E-state index >= 15 is 0 Å². The van der Waals surface area contributed by atoms with Crippen LogP contribution in [0.5, 0.6) is 0 Å². The normalized spacial score (nSPS) is 28.3. The maximum atomic E-state index is 12.7. The van der Waals surface area contributed by atoms with E-state index in [0.29, 0.717) is 19.4 Å². The van der Waals surface area contributed by atoms with Crippen molar-refractivity contribution >= 4 is 11.8 Å². The highest BCUT2D eigenvalue weighted by molar-refractivity contribution is 5.81. The monoisotopic (exact) mass is 385 g/mol. The van der Waals surface area contributed by atoms with E-state index in [2.05, 4.69) is 49.3 Å². The molecule has 0 unspecified atom stereocenters. The topological polar surface area (TPSA) is 66.6 Å². The van der Waals surface area contributed by atoms with Gasteiger partial charge in [-0.25, -0.2) is 0 Å². The highest BCUT2D eigenvalue weighted by atomic mass is 16.2. The van der Waals surface area contributed by atoms with Gasteiger partial charge in [0, 0.05) is 30.5 Å². The zero-order valence-electron chi connectivity index (χ0n) is 17.8. The summed E-state index contributed by atoms with van der Waals surface area (Å²) in [6, 6.07) is 10.8. The number of likely N-dealkylation sites (tertiary alicyclic amines) is 1. The van der Waals surface area contributed by atoms with Gasteiger partial charge in [-0.3, -0.25) is 14.5 Å². The van der Waals surface area contributed by atoms with Gasteiger partial charge in [0.2, 0.25) is 11.8 Å². The molecule has 1 aliphatic heterocycles. The molecule has 0 radical (unpaired) electrons. The molecule has 2 N–H and O–H groups in total. The van der Waals surface area contributed by atoms with Gasteiger partial charge in [-0.15, -0.1) is 0 Å². The number of hydrogen-bond donors (Lipinski definition) is 1. The Bertz CT molecular complexity index is 719. The Labute approximate surface area is 169 Å². The molecule has 0 aromatic heterocycles. The first kappa shape index (κ1) is 20.8. The Balaban J connectivity index is 1.68. The second-order valence-electron chi connectivity index (χ2n) is 9.78. The van der Waals surface area contributed by atoms with Crippen LogP contribution in [0.1, 0.15) is 57.9 Å². The first-order valence-electron chi connectivity index (χ1n) is 10.4. The summed E-state index contributed by atoms with van der Waals surface area (Å²) in [6.45, 7) is 5.15. The summed E-state index contributed by atoms with van der Waals surface area (Å²) >= 11 is 0. The van der Waals surface area contributed by atoms with Crippen molar-refractivity contribution in [3.63, 3.8) is 0 Å². The molecular weight excluding hydrogens is 350 g/mol. The van der Waals surface area contributed by atoms with Gasteiger partial charge < -0.3 is 10.6 Å². The fourth-order valence-electron chi connectivity index (χ4n) is 4.99. The maximum absolute atomic E-state index is 12.7. The molecule has 3 rings (SSSR count). The number of carbonyl (C=O) groups is 2. The van der Waals surface area contributed by atoms with Crippen LogP contribution in [0.4, 0.5) is 0 Å². The van der Waals surface area contributed by atoms with Crippen LogP contribution in [-0.2, 0) is 15.1 Å². The van der Waals surface area contributed by atoms with Crippen molar-refractivity contribution in [3.05, 3.63) is 35.9 Å². The third kappa shape index (κ3) is 3.82. The number of benzene rings is 1. The lowest BCUT2D eigenvalue weighted by Crippen LogP contribution is -2.47. The average Bonchev–Trinajstić information content (AvgIpc) is 2.96. The van der Waals surface area contributed by atoms with Crippen LogP contribution in [0.2, 0.25) is 0 Å². The zero-order valence-corrected chi connectivity index (χ0v) is 17.8. The second-order valence-corrected chi connectivity index (χ2v) is 9.78. The van der Waals surface area contributed by atoms with Crippen molar-refractivity contribution < 1.29 is 9.59 Å². The fraction of sp³-hybridized carbons (Fsp3) is 0.652. The molecule has 1 aliphatic carbocycles. The van der Waals surface area contributed by atoms with Gasteiger partial charge in [0.1, 0.15) is 0 Å². The molecule has 2 amide bonds. The minimum Gasteiger partial charge on any atom is -0.369 e. The van der Waals surface area contributed by atoms with Crippen molar-refractivity contribution in [2.24, 2.45) is 16.6 Å². The number of primary amides is 1. The van der Waals surface area contributed by atoms with Gasteiger partial charge in [0.25, 0.3) is 0 Å². The molecule has 0 atom stereocenters. The molecule has 1 saturated carbocycles. The largest absolute Gasteiger partial charge is 0.369 e. The van der Waals surface area contributed by atoms with Crippen molar-refractivity contribution in [2.45, 2.75) is 57.9 Å². The first-order valence-corrected chi connectivity index (χ1v) is 10.4. The third-order valence-corrected chi connectivity index (χ3v) is 7.38. The van der Waals surface area contributed by atoms with Crippen LogP contribution in [0.25, 0.3) is 0 Å². The van der Waals surface area contributed by atoms with Gasteiger partial charge in [0.15, 0.2) is 0 Å².